The topological polar surface area (TPSA) is 105 Å². The van der Waals surface area contributed by atoms with Gasteiger partial charge < -0.3 is 24.5 Å². The number of amides is 1. The van der Waals surface area contributed by atoms with E-state index in [0.717, 1.165) is 18.1 Å². The van der Waals surface area contributed by atoms with Crippen LogP contribution < -0.4 is 15.0 Å². The molecule has 0 aliphatic carbocycles. The van der Waals surface area contributed by atoms with Crippen LogP contribution in [0.15, 0.2) is 47.4 Å². The van der Waals surface area contributed by atoms with E-state index in [1.54, 1.807) is 31.2 Å². The highest BCUT2D eigenvalue weighted by atomic mass is 16.5. The molecule has 0 unspecified atom stereocenters. The van der Waals surface area contributed by atoms with Gasteiger partial charge in [0.25, 0.3) is 5.56 Å². The molecule has 2 aromatic heterocycles. The number of carbonyl (C=O) groups excluding carboxylic acids is 1. The number of H-pyrrole nitrogens is 1. The Kier molecular flexibility index (Phi) is 6.92. The summed E-state index contributed by atoms with van der Waals surface area (Å²) in [5, 5.41) is 10.4. The van der Waals surface area contributed by atoms with Crippen molar-refractivity contribution >= 4 is 23.0 Å². The van der Waals surface area contributed by atoms with Crippen LogP contribution in [-0.2, 0) is 11.3 Å². The van der Waals surface area contributed by atoms with Crippen molar-refractivity contribution in [2.45, 2.75) is 19.9 Å². The summed E-state index contributed by atoms with van der Waals surface area (Å²) in [6, 6.07) is 8.32. The Morgan fingerprint density at radius 2 is 2.13 bits per heavy atom. The summed E-state index contributed by atoms with van der Waals surface area (Å²) in [6.07, 6.45) is 5.41. The van der Waals surface area contributed by atoms with Crippen molar-refractivity contribution in [1.29, 1.82) is 0 Å². The number of aromatic hydroxyl groups is 1. The third-order valence-electron chi connectivity index (χ3n) is 4.63. The van der Waals surface area contributed by atoms with Gasteiger partial charge in [0, 0.05) is 37.5 Å². The number of nitrogens with zero attached hydrogens (tertiary/aromatic N) is 2. The van der Waals surface area contributed by atoms with Crippen LogP contribution in [-0.4, -0.2) is 46.6 Å². The maximum absolute atomic E-state index is 12.6. The molecule has 0 atom stereocenters. The first kappa shape index (κ1) is 21.9. The fourth-order valence-electron chi connectivity index (χ4n) is 3.06. The predicted octanol–water partition coefficient (Wildman–Crippen LogP) is 3.10. The third kappa shape index (κ3) is 5.22. The number of likely N-dealkylation sites (N-methyl/N-ethyl adjacent to an activating group) is 1. The molecule has 0 saturated carbocycles. The van der Waals surface area contributed by atoms with Gasteiger partial charge in [-0.25, -0.2) is 4.98 Å². The van der Waals surface area contributed by atoms with Crippen LogP contribution in [0.3, 0.4) is 0 Å². The number of aromatic nitrogens is 2. The second-order valence-electron chi connectivity index (χ2n) is 7.01. The molecule has 1 aromatic carbocycles. The highest BCUT2D eigenvalue weighted by molar-refractivity contribution is 5.92. The van der Waals surface area contributed by atoms with E-state index in [-0.39, 0.29) is 17.3 Å². The molecule has 0 saturated heterocycles. The number of methoxy groups -OCH3 is 1. The minimum atomic E-state index is -0.433. The van der Waals surface area contributed by atoms with Crippen LogP contribution in [0.1, 0.15) is 24.5 Å². The summed E-state index contributed by atoms with van der Waals surface area (Å²) >= 11 is 0. The van der Waals surface area contributed by atoms with Gasteiger partial charge in [0.2, 0.25) is 5.91 Å². The molecule has 8 nitrogen and oxygen atoms in total. The monoisotopic (exact) mass is 423 g/mol. The summed E-state index contributed by atoms with van der Waals surface area (Å²) < 4.78 is 11.2. The standard InChI is InChI=1S/C23H25N3O5/c1-4-10-31-22-16(6-5-7-19(22)30-3)14-26(2)21(29)9-8-15-11-17-18(27)12-20(28)25-23(17)24-13-15/h5-9,11-13H,4,10,14H2,1-3H3,(H2,24,25,27,28). The van der Waals surface area contributed by atoms with Crippen molar-refractivity contribution < 1.29 is 19.4 Å². The van der Waals surface area contributed by atoms with Gasteiger partial charge in [0.05, 0.1) is 19.1 Å². The van der Waals surface area contributed by atoms with Crippen LogP contribution >= 0.6 is 0 Å². The van der Waals surface area contributed by atoms with Crippen LogP contribution in [0.4, 0.5) is 0 Å². The van der Waals surface area contributed by atoms with Crippen molar-refractivity contribution in [2.75, 3.05) is 20.8 Å². The highest BCUT2D eigenvalue weighted by Crippen LogP contribution is 2.32. The minimum Gasteiger partial charge on any atom is -0.507 e. The van der Waals surface area contributed by atoms with E-state index in [2.05, 4.69) is 9.97 Å². The fraction of sp³-hybridized carbons (Fsp3) is 0.261. The summed E-state index contributed by atoms with van der Waals surface area (Å²) in [7, 11) is 3.28. The molecule has 0 spiro atoms. The van der Waals surface area contributed by atoms with Gasteiger partial charge in [-0.05, 0) is 30.2 Å². The normalized spacial score (nSPS) is 11.1. The number of rotatable bonds is 8. The third-order valence-corrected chi connectivity index (χ3v) is 4.63. The van der Waals surface area contributed by atoms with Gasteiger partial charge in [0.15, 0.2) is 11.5 Å². The molecule has 3 aromatic rings. The van der Waals surface area contributed by atoms with Crippen molar-refractivity contribution in [3.8, 4) is 17.2 Å². The van der Waals surface area contributed by atoms with Crippen molar-refractivity contribution in [2.24, 2.45) is 0 Å². The maximum Gasteiger partial charge on any atom is 0.253 e. The van der Waals surface area contributed by atoms with Gasteiger partial charge in [-0.3, -0.25) is 9.59 Å². The van der Waals surface area contributed by atoms with Gasteiger partial charge in [-0.1, -0.05) is 19.1 Å². The number of fused-ring (bicyclic) bond motifs is 1. The zero-order valence-electron chi connectivity index (χ0n) is 17.7. The molecule has 0 aliphatic heterocycles. The SMILES string of the molecule is CCCOc1c(CN(C)C(=O)C=Cc2cnc3[nH]c(=O)cc(O)c3c2)cccc1OC. The average Bonchev–Trinajstić information content (AvgIpc) is 2.76. The van der Waals surface area contributed by atoms with Gasteiger partial charge >= 0.3 is 0 Å². The van der Waals surface area contributed by atoms with Crippen LogP contribution in [0, 0.1) is 0 Å². The minimum absolute atomic E-state index is 0.164. The van der Waals surface area contributed by atoms with Crippen molar-refractivity contribution in [1.82, 2.24) is 14.9 Å². The summed E-state index contributed by atoms with van der Waals surface area (Å²) in [4.78, 5) is 32.3. The van der Waals surface area contributed by atoms with Crippen LogP contribution in [0.25, 0.3) is 17.1 Å². The smallest absolute Gasteiger partial charge is 0.253 e. The predicted molar refractivity (Wildman–Crippen MR) is 118 cm³/mol. The molecule has 31 heavy (non-hydrogen) atoms. The molecule has 2 heterocycles. The molecule has 0 fully saturated rings. The van der Waals surface area contributed by atoms with Gasteiger partial charge in [-0.2, -0.15) is 0 Å². The van der Waals surface area contributed by atoms with Crippen molar-refractivity contribution in [3.63, 3.8) is 0 Å². The second-order valence-corrected chi connectivity index (χ2v) is 7.01. The van der Waals surface area contributed by atoms with E-state index in [1.807, 2.05) is 25.1 Å². The molecule has 2 N–H and O–H groups in total. The number of benzene rings is 1. The molecule has 162 valence electrons. The zero-order chi connectivity index (χ0) is 22.4. The zero-order valence-corrected chi connectivity index (χ0v) is 17.7. The van der Waals surface area contributed by atoms with Crippen LogP contribution in [0.2, 0.25) is 0 Å². The van der Waals surface area contributed by atoms with Gasteiger partial charge in [0.1, 0.15) is 11.4 Å². The van der Waals surface area contributed by atoms with E-state index in [1.165, 1.54) is 12.3 Å². The number of hydrogen-bond acceptors (Lipinski definition) is 6. The molecule has 8 heteroatoms. The Bertz CT molecular complexity index is 1170. The number of aromatic amines is 1. The lowest BCUT2D eigenvalue weighted by Crippen LogP contribution is -2.24. The number of para-hydroxylation sites is 1. The van der Waals surface area contributed by atoms with Gasteiger partial charge in [-0.15, -0.1) is 0 Å². The second kappa shape index (κ2) is 9.80. The Labute approximate surface area is 179 Å². The lowest BCUT2D eigenvalue weighted by atomic mass is 10.1. The Morgan fingerprint density at radius 1 is 1.32 bits per heavy atom. The molecular formula is C23H25N3O5. The highest BCUT2D eigenvalue weighted by Gasteiger charge is 2.14. The quantitative estimate of drug-likeness (QED) is 0.540. The summed E-state index contributed by atoms with van der Waals surface area (Å²) in [5.74, 6) is 0.888. The van der Waals surface area contributed by atoms with E-state index in [4.69, 9.17) is 9.47 Å². The molecule has 1 amide bonds. The Balaban J connectivity index is 1.76. The van der Waals surface area contributed by atoms with E-state index >= 15 is 0 Å². The lowest BCUT2D eigenvalue weighted by Gasteiger charge is -2.19. The summed E-state index contributed by atoms with van der Waals surface area (Å²) in [6.45, 7) is 2.92. The van der Waals surface area contributed by atoms with E-state index in [0.29, 0.717) is 35.6 Å². The Morgan fingerprint density at radius 3 is 2.87 bits per heavy atom. The average molecular weight is 423 g/mol. The maximum atomic E-state index is 12.6. The first-order valence-corrected chi connectivity index (χ1v) is 9.86. The number of carbonyl (C=O) groups is 1. The first-order valence-electron chi connectivity index (χ1n) is 9.86. The largest absolute Gasteiger partial charge is 0.507 e. The molecule has 0 aliphatic rings. The van der Waals surface area contributed by atoms with E-state index < -0.39 is 5.56 Å². The first-order chi connectivity index (χ1) is 14.9. The lowest BCUT2D eigenvalue weighted by molar-refractivity contribution is -0.125. The number of nitrogens with one attached hydrogen (secondary N) is 1. The Hall–Kier alpha value is -3.81. The molecular weight excluding hydrogens is 398 g/mol. The number of pyridine rings is 2. The molecule has 0 radical (unpaired) electrons. The molecule has 0 bridgehead atoms. The van der Waals surface area contributed by atoms with E-state index in [9.17, 15) is 14.7 Å². The fourth-order valence-corrected chi connectivity index (χ4v) is 3.06. The molecule has 3 rings (SSSR count). The van der Waals surface area contributed by atoms with Crippen LogP contribution in [0.5, 0.6) is 17.2 Å². The summed E-state index contributed by atoms with van der Waals surface area (Å²) in [5.41, 5.74) is 1.31. The number of ether oxygens (including phenoxy) is 2. The number of hydrogen-bond donors (Lipinski definition) is 2. The van der Waals surface area contributed by atoms with Crippen molar-refractivity contribution in [3.05, 3.63) is 64.1 Å².